The van der Waals surface area contributed by atoms with Gasteiger partial charge in [0.1, 0.15) is 6.79 Å². The number of hydrogen-bond donors (Lipinski definition) is 0. The molecule has 46 valence electrons. The Kier molecular flexibility index (Phi) is 4.60. The fourth-order valence-electron chi connectivity index (χ4n) is 0.395. The third-order valence-electron chi connectivity index (χ3n) is 0.684. The van der Waals surface area contributed by atoms with Crippen molar-refractivity contribution in [1.29, 1.82) is 0 Å². The molecule has 0 saturated heterocycles. The first-order valence-electron chi connectivity index (χ1n) is 2.15. The summed E-state index contributed by atoms with van der Waals surface area (Å²) in [4.78, 5) is 8.37. The van der Waals surface area contributed by atoms with Crippen molar-refractivity contribution in [2.45, 2.75) is 4.85 Å². The first-order chi connectivity index (χ1) is 3.89. The Morgan fingerprint density at radius 2 is 1.62 bits per heavy atom. The van der Waals surface area contributed by atoms with E-state index in [1.54, 1.807) is 0 Å². The second-order valence-electron chi connectivity index (χ2n) is 1.18. The summed E-state index contributed by atoms with van der Waals surface area (Å²) in [7, 11) is 0. The van der Waals surface area contributed by atoms with Gasteiger partial charge in [-0.2, -0.15) is 0 Å². The normalized spacial score (nSPS) is 15.8. The monoisotopic (exact) mass is 154 g/mol. The van der Waals surface area contributed by atoms with Crippen LogP contribution in [0.15, 0.2) is 24.3 Å². The molecule has 0 aromatic heterocycles. The van der Waals surface area contributed by atoms with Crippen molar-refractivity contribution in [3.05, 3.63) is 24.3 Å². The van der Waals surface area contributed by atoms with Gasteiger partial charge in [-0.15, -0.1) is 0 Å². The fourth-order valence-corrected chi connectivity index (χ4v) is 0.626. The first-order valence-corrected chi connectivity index (χ1v) is 2.75. The zero-order chi connectivity index (χ0) is 6.41. The molecule has 1 aliphatic carbocycles. The molecule has 0 N–H and O–H groups in total. The van der Waals surface area contributed by atoms with Crippen LogP contribution in [0.4, 0.5) is 0 Å². The zero-order valence-electron chi connectivity index (χ0n) is 4.34. The van der Waals surface area contributed by atoms with Crippen molar-refractivity contribution in [3.63, 3.8) is 0 Å². The second-order valence-corrected chi connectivity index (χ2v) is 1.88. The van der Waals surface area contributed by atoms with Gasteiger partial charge in [0.2, 0.25) is 0 Å². The van der Waals surface area contributed by atoms with Crippen molar-refractivity contribution in [1.82, 2.24) is 0 Å². The van der Waals surface area contributed by atoms with E-state index in [1.807, 2.05) is 31.1 Å². The number of carbonyl (C=O) groups excluding carboxylic acids is 1. The van der Waals surface area contributed by atoms with E-state index < -0.39 is 0 Å². The van der Waals surface area contributed by atoms with E-state index in [1.165, 1.54) is 0 Å². The zero-order valence-corrected chi connectivity index (χ0v) is 5.38. The Bertz CT molecular complexity index is 95.1. The average molecular weight is 154 g/mol. The summed E-state index contributed by atoms with van der Waals surface area (Å²) in [6.45, 7) is 2.00. The maximum atomic E-state index is 8.00. The van der Waals surface area contributed by atoms with Crippen LogP contribution in [0, 0.1) is 0 Å². The standard InChI is InChI=1S/C5H5.CH2O.Co/c1-2-4-5-3-1;1-2;/h1-5H;1H2;. The van der Waals surface area contributed by atoms with E-state index in [0.29, 0.717) is 4.85 Å². The van der Waals surface area contributed by atoms with E-state index in [-0.39, 0.29) is 0 Å². The van der Waals surface area contributed by atoms with Gasteiger partial charge < -0.3 is 4.79 Å². The van der Waals surface area contributed by atoms with Gasteiger partial charge in [-0.25, -0.2) is 0 Å². The van der Waals surface area contributed by atoms with Crippen LogP contribution in [0.25, 0.3) is 0 Å². The molecule has 0 aliphatic heterocycles. The van der Waals surface area contributed by atoms with Gasteiger partial charge in [0, 0.05) is 0 Å². The molecule has 0 unspecified atom stereocenters. The third kappa shape index (κ3) is 2.77. The first kappa shape index (κ1) is 7.66. The van der Waals surface area contributed by atoms with Gasteiger partial charge in [-0.05, 0) is 0 Å². The van der Waals surface area contributed by atoms with Crippen LogP contribution in [0.5, 0.6) is 0 Å². The molecule has 0 amide bonds. The summed E-state index contributed by atoms with van der Waals surface area (Å²) in [5.41, 5.74) is 0. The minimum absolute atomic E-state index is 0.373. The van der Waals surface area contributed by atoms with Gasteiger partial charge in [-0.3, -0.25) is 0 Å². The molecule has 0 aromatic carbocycles. The molecule has 0 atom stereocenters. The Morgan fingerprint density at radius 1 is 1.25 bits per heavy atom. The van der Waals surface area contributed by atoms with Crippen LogP contribution in [-0.2, 0) is 20.5 Å². The van der Waals surface area contributed by atoms with E-state index in [4.69, 9.17) is 4.79 Å². The van der Waals surface area contributed by atoms with Gasteiger partial charge in [0.05, 0.1) is 0 Å². The number of allylic oxidation sites excluding steroid dienone is 4. The number of carbonyl (C=O) groups is 1. The summed E-state index contributed by atoms with van der Waals surface area (Å²) in [5, 5.41) is 0. The fraction of sp³-hybridized carbons (Fsp3) is 0.167. The van der Waals surface area contributed by atoms with E-state index in [9.17, 15) is 0 Å². The van der Waals surface area contributed by atoms with Crippen molar-refractivity contribution >= 4 is 6.79 Å². The van der Waals surface area contributed by atoms with Crippen molar-refractivity contribution in [2.24, 2.45) is 0 Å². The topological polar surface area (TPSA) is 17.1 Å². The van der Waals surface area contributed by atoms with Gasteiger partial charge in [0.15, 0.2) is 0 Å². The summed E-state index contributed by atoms with van der Waals surface area (Å²) in [6, 6.07) is 0. The molecule has 0 bridgehead atoms. The van der Waals surface area contributed by atoms with Gasteiger partial charge >= 0.3 is 44.9 Å². The Balaban J connectivity index is 0.000000222. The Labute approximate surface area is 57.1 Å². The van der Waals surface area contributed by atoms with Crippen LogP contribution in [-0.4, -0.2) is 6.79 Å². The van der Waals surface area contributed by atoms with Crippen molar-refractivity contribution in [2.75, 3.05) is 0 Å². The van der Waals surface area contributed by atoms with E-state index >= 15 is 0 Å². The van der Waals surface area contributed by atoms with Crippen LogP contribution in [0.1, 0.15) is 0 Å². The molecular weight excluding hydrogens is 147 g/mol. The maximum absolute atomic E-state index is 8.00. The molecule has 0 fully saturated rings. The summed E-state index contributed by atoms with van der Waals surface area (Å²) in [5.74, 6) is 0. The van der Waals surface area contributed by atoms with E-state index in [0.717, 1.165) is 0 Å². The third-order valence-corrected chi connectivity index (χ3v) is 1.08. The SMILES string of the molecule is C=O.[Co][CH]1C=CC=C1. The number of hydrogen-bond acceptors (Lipinski definition) is 1. The Morgan fingerprint density at radius 3 is 1.75 bits per heavy atom. The predicted octanol–water partition coefficient (Wildman–Crippen LogP) is 1.26. The van der Waals surface area contributed by atoms with E-state index in [2.05, 4.69) is 15.7 Å². The molecule has 1 rings (SSSR count). The van der Waals surface area contributed by atoms with Crippen molar-refractivity contribution < 1.29 is 20.5 Å². The molecule has 1 nitrogen and oxygen atoms in total. The quantitative estimate of drug-likeness (QED) is 0.513. The molecular formula is C6H7CoO. The Hall–Kier alpha value is -0.344. The molecule has 0 spiro atoms. The van der Waals surface area contributed by atoms with Crippen LogP contribution in [0.2, 0.25) is 4.85 Å². The van der Waals surface area contributed by atoms with Gasteiger partial charge in [0.25, 0.3) is 0 Å². The molecule has 8 heavy (non-hydrogen) atoms. The molecule has 0 heterocycles. The summed E-state index contributed by atoms with van der Waals surface area (Å²) < 4.78 is 0. The number of rotatable bonds is 0. The minimum atomic E-state index is 0.373. The molecule has 0 aromatic rings. The van der Waals surface area contributed by atoms with Gasteiger partial charge in [-0.1, -0.05) is 0 Å². The summed E-state index contributed by atoms with van der Waals surface area (Å²) in [6.07, 6.45) is 8.05. The summed E-state index contributed by atoms with van der Waals surface area (Å²) >= 11 is 4.16. The molecule has 1 aliphatic rings. The molecule has 2 heteroatoms. The average Bonchev–Trinajstić information content (AvgIpc) is 2.24. The molecule has 0 saturated carbocycles. The predicted molar refractivity (Wildman–Crippen MR) is 29.2 cm³/mol. The van der Waals surface area contributed by atoms with Crippen molar-refractivity contribution in [3.8, 4) is 0 Å². The van der Waals surface area contributed by atoms with Crippen LogP contribution in [0.3, 0.4) is 0 Å². The van der Waals surface area contributed by atoms with Crippen LogP contribution >= 0.6 is 0 Å². The second kappa shape index (κ2) is 4.81. The molecule has 0 radical (unpaired) electrons. The van der Waals surface area contributed by atoms with Crippen LogP contribution < -0.4 is 0 Å².